The smallest absolute Gasteiger partial charge is 0.405 e. The molecule has 0 bridgehead atoms. The van der Waals surface area contributed by atoms with Gasteiger partial charge < -0.3 is 15.4 Å². The molecule has 0 aliphatic rings. The van der Waals surface area contributed by atoms with Crippen LogP contribution < -0.4 is 15.4 Å². The van der Waals surface area contributed by atoms with Gasteiger partial charge in [0.1, 0.15) is 5.75 Å². The number of halogens is 3. The van der Waals surface area contributed by atoms with Crippen molar-refractivity contribution in [3.05, 3.63) is 45.9 Å². The average Bonchev–Trinajstić information content (AvgIpc) is 3.05. The highest BCUT2D eigenvalue weighted by molar-refractivity contribution is 7.09. The second kappa shape index (κ2) is 9.42. The van der Waals surface area contributed by atoms with E-state index in [0.29, 0.717) is 18.1 Å². The molecular weight excluding hydrogens is 365 g/mol. The van der Waals surface area contributed by atoms with Gasteiger partial charge in [0.15, 0.2) is 5.96 Å². The van der Waals surface area contributed by atoms with Crippen molar-refractivity contribution in [2.24, 2.45) is 4.99 Å². The molecule has 0 fully saturated rings. The number of nitrogens with zero attached hydrogens (tertiary/aromatic N) is 2. The van der Waals surface area contributed by atoms with Crippen LogP contribution in [0.2, 0.25) is 0 Å². The Labute approximate surface area is 154 Å². The number of guanidine groups is 1. The lowest BCUT2D eigenvalue weighted by atomic mass is 10.2. The summed E-state index contributed by atoms with van der Waals surface area (Å²) < 4.78 is 41.4. The molecule has 0 saturated heterocycles. The summed E-state index contributed by atoms with van der Waals surface area (Å²) >= 11 is 1.64. The summed E-state index contributed by atoms with van der Waals surface area (Å²) in [5, 5.41) is 9.24. The molecule has 9 heteroatoms. The SMILES string of the molecule is CCc1nc(CCNC(=NC)NCc2ccccc2OC(F)(F)F)cs1. The molecule has 0 unspecified atom stereocenters. The molecule has 2 rings (SSSR count). The van der Waals surface area contributed by atoms with Crippen LogP contribution in [-0.4, -0.2) is 30.9 Å². The number of alkyl halides is 3. The lowest BCUT2D eigenvalue weighted by Crippen LogP contribution is -2.38. The van der Waals surface area contributed by atoms with Crippen molar-refractivity contribution in [3.63, 3.8) is 0 Å². The number of thiazole rings is 1. The first-order valence-corrected chi connectivity index (χ1v) is 9.00. The zero-order chi connectivity index (χ0) is 19.0. The van der Waals surface area contributed by atoms with Crippen molar-refractivity contribution < 1.29 is 17.9 Å². The number of ether oxygens (including phenoxy) is 1. The standard InChI is InChI=1S/C17H21F3N4OS/c1-3-15-24-13(11-26-15)8-9-22-16(21-2)23-10-12-6-4-5-7-14(12)25-17(18,19)20/h4-7,11H,3,8-10H2,1-2H3,(H2,21,22,23). The van der Waals surface area contributed by atoms with E-state index in [4.69, 9.17) is 0 Å². The van der Waals surface area contributed by atoms with Gasteiger partial charge in [-0.25, -0.2) is 4.98 Å². The Kier molecular flexibility index (Phi) is 7.26. The van der Waals surface area contributed by atoms with Crippen LogP contribution in [0.25, 0.3) is 0 Å². The third-order valence-electron chi connectivity index (χ3n) is 3.44. The Hall–Kier alpha value is -2.29. The molecule has 0 spiro atoms. The van der Waals surface area contributed by atoms with E-state index in [1.807, 2.05) is 5.38 Å². The molecule has 1 heterocycles. The number of hydrogen-bond acceptors (Lipinski definition) is 4. The summed E-state index contributed by atoms with van der Waals surface area (Å²) in [5.41, 5.74) is 1.40. The number of rotatable bonds is 7. The van der Waals surface area contributed by atoms with Crippen LogP contribution in [0, 0.1) is 0 Å². The molecule has 26 heavy (non-hydrogen) atoms. The summed E-state index contributed by atoms with van der Waals surface area (Å²) in [5.74, 6) is 0.273. The third kappa shape index (κ3) is 6.55. The lowest BCUT2D eigenvalue weighted by Gasteiger charge is -2.15. The molecule has 0 aliphatic heterocycles. The fraction of sp³-hybridized carbons (Fsp3) is 0.412. The molecular formula is C17H21F3N4OS. The number of aliphatic imine (C=N–C) groups is 1. The molecule has 1 aromatic carbocycles. The lowest BCUT2D eigenvalue weighted by molar-refractivity contribution is -0.274. The first-order chi connectivity index (χ1) is 12.4. The first-order valence-electron chi connectivity index (χ1n) is 8.12. The maximum absolute atomic E-state index is 12.5. The summed E-state index contributed by atoms with van der Waals surface area (Å²) in [6.07, 6.45) is -3.06. The Morgan fingerprint density at radius 1 is 1.27 bits per heavy atom. The topological polar surface area (TPSA) is 58.5 Å². The number of para-hydroxylation sites is 1. The van der Waals surface area contributed by atoms with Crippen molar-refractivity contribution in [1.29, 1.82) is 0 Å². The van der Waals surface area contributed by atoms with E-state index in [-0.39, 0.29) is 12.3 Å². The minimum atomic E-state index is -4.72. The zero-order valence-electron chi connectivity index (χ0n) is 14.6. The summed E-state index contributed by atoms with van der Waals surface area (Å²) in [4.78, 5) is 8.56. The number of aryl methyl sites for hydroxylation is 1. The van der Waals surface area contributed by atoms with Gasteiger partial charge in [-0.2, -0.15) is 0 Å². The first kappa shape index (κ1) is 20.0. The highest BCUT2D eigenvalue weighted by Crippen LogP contribution is 2.26. The van der Waals surface area contributed by atoms with E-state index in [1.54, 1.807) is 30.5 Å². The second-order valence-electron chi connectivity index (χ2n) is 5.34. The minimum absolute atomic E-state index is 0.155. The Morgan fingerprint density at radius 3 is 2.69 bits per heavy atom. The molecule has 0 radical (unpaired) electrons. The zero-order valence-corrected chi connectivity index (χ0v) is 15.4. The highest BCUT2D eigenvalue weighted by atomic mass is 32.1. The van der Waals surface area contributed by atoms with Crippen LogP contribution >= 0.6 is 11.3 Å². The molecule has 1 aromatic heterocycles. The highest BCUT2D eigenvalue weighted by Gasteiger charge is 2.31. The van der Waals surface area contributed by atoms with Crippen LogP contribution in [0.5, 0.6) is 5.75 Å². The molecule has 5 nitrogen and oxygen atoms in total. The van der Waals surface area contributed by atoms with Crippen LogP contribution in [0.1, 0.15) is 23.2 Å². The van der Waals surface area contributed by atoms with Gasteiger partial charge >= 0.3 is 6.36 Å². The van der Waals surface area contributed by atoms with Crippen molar-refractivity contribution in [2.75, 3.05) is 13.6 Å². The van der Waals surface area contributed by atoms with Crippen LogP contribution in [-0.2, 0) is 19.4 Å². The maximum Gasteiger partial charge on any atom is 0.573 e. The Bertz CT molecular complexity index is 731. The second-order valence-corrected chi connectivity index (χ2v) is 6.29. The summed E-state index contributed by atoms with van der Waals surface area (Å²) in [7, 11) is 1.60. The monoisotopic (exact) mass is 386 g/mol. The van der Waals surface area contributed by atoms with Crippen molar-refractivity contribution in [2.45, 2.75) is 32.7 Å². The van der Waals surface area contributed by atoms with E-state index in [2.05, 4.69) is 32.3 Å². The van der Waals surface area contributed by atoms with Gasteiger partial charge in [-0.1, -0.05) is 25.1 Å². The summed E-state index contributed by atoms with van der Waals surface area (Å²) in [6, 6.07) is 6.01. The van der Waals surface area contributed by atoms with Crippen molar-refractivity contribution in [3.8, 4) is 5.75 Å². The largest absolute Gasteiger partial charge is 0.573 e. The molecule has 0 aliphatic carbocycles. The summed E-state index contributed by atoms with van der Waals surface area (Å²) in [6.45, 7) is 2.84. The molecule has 2 N–H and O–H groups in total. The van der Waals surface area contributed by atoms with Gasteiger partial charge in [0.2, 0.25) is 0 Å². The molecule has 0 amide bonds. The molecule has 142 valence electrons. The van der Waals surface area contributed by atoms with E-state index < -0.39 is 6.36 Å². The quantitative estimate of drug-likeness (QED) is 0.565. The number of benzene rings is 1. The maximum atomic E-state index is 12.5. The van der Waals surface area contributed by atoms with Gasteiger partial charge in [-0.3, -0.25) is 4.99 Å². The van der Waals surface area contributed by atoms with E-state index in [1.165, 1.54) is 12.1 Å². The Balaban J connectivity index is 1.85. The number of nitrogens with one attached hydrogen (secondary N) is 2. The minimum Gasteiger partial charge on any atom is -0.405 e. The van der Waals surface area contributed by atoms with Crippen molar-refractivity contribution >= 4 is 17.3 Å². The fourth-order valence-electron chi connectivity index (χ4n) is 2.21. The van der Waals surface area contributed by atoms with Gasteiger partial charge in [0.25, 0.3) is 0 Å². The van der Waals surface area contributed by atoms with Crippen LogP contribution in [0.4, 0.5) is 13.2 Å². The van der Waals surface area contributed by atoms with Gasteiger partial charge in [-0.15, -0.1) is 24.5 Å². The Morgan fingerprint density at radius 2 is 2.04 bits per heavy atom. The van der Waals surface area contributed by atoms with Gasteiger partial charge in [0.05, 0.1) is 10.7 Å². The predicted octanol–water partition coefficient (Wildman–Crippen LogP) is 3.51. The van der Waals surface area contributed by atoms with Crippen LogP contribution in [0.15, 0.2) is 34.6 Å². The fourth-order valence-corrected chi connectivity index (χ4v) is 2.99. The molecule has 2 aromatic rings. The van der Waals surface area contributed by atoms with E-state index in [0.717, 1.165) is 23.5 Å². The van der Waals surface area contributed by atoms with E-state index in [9.17, 15) is 13.2 Å². The number of aromatic nitrogens is 1. The van der Waals surface area contributed by atoms with Crippen LogP contribution in [0.3, 0.4) is 0 Å². The average molecular weight is 386 g/mol. The number of hydrogen-bond donors (Lipinski definition) is 2. The van der Waals surface area contributed by atoms with E-state index >= 15 is 0 Å². The predicted molar refractivity (Wildman–Crippen MR) is 96.5 cm³/mol. The van der Waals surface area contributed by atoms with Gasteiger partial charge in [0, 0.05) is 37.5 Å². The van der Waals surface area contributed by atoms with Crippen molar-refractivity contribution in [1.82, 2.24) is 15.6 Å². The molecule has 0 saturated carbocycles. The third-order valence-corrected chi connectivity index (χ3v) is 4.49. The van der Waals surface area contributed by atoms with Gasteiger partial charge in [-0.05, 0) is 12.5 Å². The molecule has 0 atom stereocenters. The normalized spacial score (nSPS) is 12.1.